The van der Waals surface area contributed by atoms with E-state index < -0.39 is 0 Å². The summed E-state index contributed by atoms with van der Waals surface area (Å²) in [5.41, 5.74) is 0.813. The fourth-order valence-electron chi connectivity index (χ4n) is 1.20. The molecule has 0 aliphatic rings. The topological polar surface area (TPSA) is 49.7 Å². The van der Waals surface area contributed by atoms with Gasteiger partial charge in [0, 0.05) is 6.61 Å². The van der Waals surface area contributed by atoms with E-state index in [9.17, 15) is 5.11 Å². The summed E-state index contributed by atoms with van der Waals surface area (Å²) in [7, 11) is 1.52. The van der Waals surface area contributed by atoms with Crippen LogP contribution in [-0.2, 0) is 6.42 Å². The summed E-state index contributed by atoms with van der Waals surface area (Å²) in [6, 6.07) is 5.36. The molecule has 1 aromatic rings. The minimum atomic E-state index is 0.136. The molecule has 0 heterocycles. The number of methoxy groups -OCH3 is 1. The van der Waals surface area contributed by atoms with Crippen LogP contribution in [0.4, 0.5) is 0 Å². The summed E-state index contributed by atoms with van der Waals surface area (Å²) in [5.74, 6) is 0.661. The molecule has 0 unspecified atom stereocenters. The van der Waals surface area contributed by atoms with E-state index in [1.165, 1.54) is 7.11 Å². The van der Waals surface area contributed by atoms with E-state index in [1.54, 1.807) is 6.07 Å². The van der Waals surface area contributed by atoms with Gasteiger partial charge >= 0.3 is 0 Å². The van der Waals surface area contributed by atoms with Crippen molar-refractivity contribution in [3.8, 4) is 11.5 Å². The Kier molecular flexibility index (Phi) is 3.58. The molecule has 72 valence electrons. The zero-order chi connectivity index (χ0) is 9.68. The van der Waals surface area contributed by atoms with Crippen LogP contribution >= 0.6 is 0 Å². The van der Waals surface area contributed by atoms with Gasteiger partial charge in [0.2, 0.25) is 0 Å². The lowest BCUT2D eigenvalue weighted by Gasteiger charge is -2.07. The maximum atomic E-state index is 9.61. The molecule has 0 aromatic heterocycles. The number of hydrogen-bond acceptors (Lipinski definition) is 3. The Balaban J connectivity index is 2.81. The maximum Gasteiger partial charge on any atom is 0.160 e. The van der Waals surface area contributed by atoms with Crippen LogP contribution in [0.3, 0.4) is 0 Å². The number of aromatic hydroxyl groups is 1. The molecule has 2 N–H and O–H groups in total. The first-order valence-electron chi connectivity index (χ1n) is 4.25. The minimum Gasteiger partial charge on any atom is -0.504 e. The number of phenolic OH excluding ortho intramolecular Hbond substituents is 1. The lowest BCUT2D eigenvalue weighted by Crippen LogP contribution is -1.92. The van der Waals surface area contributed by atoms with Gasteiger partial charge in [-0.1, -0.05) is 12.1 Å². The molecule has 1 aromatic carbocycles. The molecule has 0 fully saturated rings. The van der Waals surface area contributed by atoms with Crippen LogP contribution in [0.25, 0.3) is 0 Å². The van der Waals surface area contributed by atoms with Gasteiger partial charge in [-0.25, -0.2) is 0 Å². The Labute approximate surface area is 77.6 Å². The second kappa shape index (κ2) is 4.72. The first-order valence-corrected chi connectivity index (χ1v) is 4.25. The van der Waals surface area contributed by atoms with Crippen molar-refractivity contribution >= 4 is 0 Å². The molecule has 0 amide bonds. The van der Waals surface area contributed by atoms with Gasteiger partial charge in [-0.2, -0.15) is 0 Å². The fourth-order valence-corrected chi connectivity index (χ4v) is 1.20. The van der Waals surface area contributed by atoms with Crippen LogP contribution in [0.15, 0.2) is 18.2 Å². The smallest absolute Gasteiger partial charge is 0.160 e. The van der Waals surface area contributed by atoms with Crippen LogP contribution in [0, 0.1) is 0 Å². The number of rotatable bonds is 4. The highest BCUT2D eigenvalue weighted by Gasteiger charge is 2.05. The summed E-state index contributed by atoms with van der Waals surface area (Å²) in [5, 5.41) is 18.2. The highest BCUT2D eigenvalue weighted by Crippen LogP contribution is 2.29. The van der Waals surface area contributed by atoms with Crippen molar-refractivity contribution in [3.05, 3.63) is 23.8 Å². The molecule has 0 saturated carbocycles. The number of phenols is 1. The van der Waals surface area contributed by atoms with E-state index in [0.29, 0.717) is 18.6 Å². The van der Waals surface area contributed by atoms with E-state index in [1.807, 2.05) is 12.1 Å². The van der Waals surface area contributed by atoms with Crippen molar-refractivity contribution in [2.75, 3.05) is 13.7 Å². The van der Waals surface area contributed by atoms with Crippen LogP contribution in [0.2, 0.25) is 0 Å². The van der Waals surface area contributed by atoms with Crippen molar-refractivity contribution in [3.63, 3.8) is 0 Å². The van der Waals surface area contributed by atoms with Crippen molar-refractivity contribution in [2.24, 2.45) is 0 Å². The predicted octanol–water partition coefficient (Wildman–Crippen LogP) is 1.33. The van der Waals surface area contributed by atoms with E-state index in [2.05, 4.69) is 0 Å². The van der Waals surface area contributed by atoms with E-state index in [-0.39, 0.29) is 12.4 Å². The Morgan fingerprint density at radius 1 is 1.38 bits per heavy atom. The largest absolute Gasteiger partial charge is 0.504 e. The van der Waals surface area contributed by atoms with Gasteiger partial charge in [-0.3, -0.25) is 0 Å². The zero-order valence-electron chi connectivity index (χ0n) is 7.66. The molecule has 3 nitrogen and oxygen atoms in total. The Morgan fingerprint density at radius 3 is 2.77 bits per heavy atom. The van der Waals surface area contributed by atoms with E-state index in [4.69, 9.17) is 9.84 Å². The van der Waals surface area contributed by atoms with Gasteiger partial charge in [-0.05, 0) is 24.5 Å². The third kappa shape index (κ3) is 2.36. The average molecular weight is 182 g/mol. The van der Waals surface area contributed by atoms with Gasteiger partial charge in [0.25, 0.3) is 0 Å². The second-order valence-corrected chi connectivity index (χ2v) is 2.80. The number of ether oxygens (including phenoxy) is 1. The Bertz CT molecular complexity index is 271. The third-order valence-electron chi connectivity index (χ3n) is 1.91. The number of aryl methyl sites for hydroxylation is 1. The number of hydrogen-bond donors (Lipinski definition) is 2. The number of benzene rings is 1. The van der Waals surface area contributed by atoms with Gasteiger partial charge < -0.3 is 14.9 Å². The summed E-state index contributed by atoms with van der Waals surface area (Å²) in [6.45, 7) is 0.136. The minimum absolute atomic E-state index is 0.136. The first kappa shape index (κ1) is 9.86. The summed E-state index contributed by atoms with van der Waals surface area (Å²) in [6.07, 6.45) is 1.32. The predicted molar refractivity (Wildman–Crippen MR) is 50.1 cm³/mol. The molecule has 0 aliphatic heterocycles. The third-order valence-corrected chi connectivity index (χ3v) is 1.91. The number of para-hydroxylation sites is 1. The first-order chi connectivity index (χ1) is 6.29. The summed E-state index contributed by atoms with van der Waals surface area (Å²) >= 11 is 0. The summed E-state index contributed by atoms with van der Waals surface area (Å²) < 4.78 is 4.95. The molecule has 0 atom stereocenters. The van der Waals surface area contributed by atoms with Gasteiger partial charge in [0.1, 0.15) is 0 Å². The van der Waals surface area contributed by atoms with Crippen LogP contribution in [0.5, 0.6) is 11.5 Å². The van der Waals surface area contributed by atoms with Crippen molar-refractivity contribution in [1.82, 2.24) is 0 Å². The van der Waals surface area contributed by atoms with Gasteiger partial charge in [0.05, 0.1) is 7.11 Å². The molecule has 0 bridgehead atoms. The highest BCUT2D eigenvalue weighted by molar-refractivity contribution is 5.45. The van der Waals surface area contributed by atoms with Crippen LogP contribution in [-0.4, -0.2) is 23.9 Å². The fraction of sp³-hybridized carbons (Fsp3) is 0.400. The average Bonchev–Trinajstić information content (AvgIpc) is 2.16. The lowest BCUT2D eigenvalue weighted by atomic mass is 10.1. The van der Waals surface area contributed by atoms with Crippen molar-refractivity contribution in [1.29, 1.82) is 0 Å². The molecule has 0 spiro atoms. The molecular weight excluding hydrogens is 168 g/mol. The van der Waals surface area contributed by atoms with Gasteiger partial charge in [0.15, 0.2) is 11.5 Å². The molecule has 0 aliphatic carbocycles. The normalized spacial score (nSPS) is 10.0. The SMILES string of the molecule is COc1cccc(CCCO)c1O. The zero-order valence-corrected chi connectivity index (χ0v) is 7.66. The molecule has 1 rings (SSSR count). The monoisotopic (exact) mass is 182 g/mol. The van der Waals surface area contributed by atoms with Crippen molar-refractivity contribution < 1.29 is 14.9 Å². The highest BCUT2D eigenvalue weighted by atomic mass is 16.5. The lowest BCUT2D eigenvalue weighted by molar-refractivity contribution is 0.287. The van der Waals surface area contributed by atoms with Crippen LogP contribution < -0.4 is 4.74 Å². The molecular formula is C10H14O3. The molecule has 0 saturated heterocycles. The van der Waals surface area contributed by atoms with Gasteiger partial charge in [-0.15, -0.1) is 0 Å². The number of aliphatic hydroxyl groups excluding tert-OH is 1. The maximum absolute atomic E-state index is 9.61. The Morgan fingerprint density at radius 2 is 2.15 bits per heavy atom. The number of aliphatic hydroxyl groups is 1. The molecule has 13 heavy (non-hydrogen) atoms. The molecule has 3 heteroatoms. The standard InChI is InChI=1S/C10H14O3/c1-13-9-6-2-4-8(10(9)12)5-3-7-11/h2,4,6,11-12H,3,5,7H2,1H3. The second-order valence-electron chi connectivity index (χ2n) is 2.80. The summed E-state index contributed by atoms with van der Waals surface area (Å²) in [4.78, 5) is 0. The van der Waals surface area contributed by atoms with Crippen molar-refractivity contribution in [2.45, 2.75) is 12.8 Å². The molecule has 0 radical (unpaired) electrons. The van der Waals surface area contributed by atoms with E-state index in [0.717, 1.165) is 5.56 Å². The quantitative estimate of drug-likeness (QED) is 0.738. The van der Waals surface area contributed by atoms with Crippen LogP contribution in [0.1, 0.15) is 12.0 Å². The van der Waals surface area contributed by atoms with E-state index >= 15 is 0 Å². The Hall–Kier alpha value is -1.22.